The average molecular weight is 527 g/mol. The Morgan fingerprint density at radius 2 is 1.81 bits per heavy atom. The topological polar surface area (TPSA) is 111 Å². The molecular weight excluding hydrogens is 496 g/mol. The van der Waals surface area contributed by atoms with Crippen LogP contribution in [-0.4, -0.2) is 62.4 Å². The number of fused-ring (bicyclic) bond motifs is 1. The number of ketones is 1. The van der Waals surface area contributed by atoms with Crippen molar-refractivity contribution < 1.29 is 33.4 Å². The Kier molecular flexibility index (Phi) is 7.61. The van der Waals surface area contributed by atoms with Crippen molar-refractivity contribution in [2.45, 2.75) is 24.9 Å². The van der Waals surface area contributed by atoms with Gasteiger partial charge in [0.15, 0.2) is 5.78 Å². The van der Waals surface area contributed by atoms with Crippen molar-refractivity contribution in [2.24, 2.45) is 11.8 Å². The smallest absolute Gasteiger partial charge is 0.326 e. The summed E-state index contributed by atoms with van der Waals surface area (Å²) in [6, 6.07) is 10.9. The molecule has 0 aliphatic carbocycles. The lowest BCUT2D eigenvalue weighted by Crippen LogP contribution is -2.56. The molecule has 0 bridgehead atoms. The number of hydrogen-bond acceptors (Lipinski definition) is 9. The van der Waals surface area contributed by atoms with Crippen LogP contribution < -0.4 is 19.7 Å². The minimum atomic E-state index is -1.43. The third-order valence-corrected chi connectivity index (χ3v) is 7.80. The Balaban J connectivity index is 1.90. The first-order valence-electron chi connectivity index (χ1n) is 11.8. The number of ether oxygens (including phenoxy) is 3. The number of nitrogens with one attached hydrogen (secondary N) is 1. The van der Waals surface area contributed by atoms with Crippen LogP contribution in [-0.2, 0) is 19.1 Å². The molecule has 2 aromatic rings. The fourth-order valence-corrected chi connectivity index (χ4v) is 5.95. The van der Waals surface area contributed by atoms with Gasteiger partial charge < -0.3 is 14.2 Å². The SMILES string of the molecule is COC(=O)[C@]1(CCSC)N[C@H](c2ccc(OC)cc2OC)[C@H]2C(=O)N(c3cccc(C(C)=O)c3)C(=O)[C@H]21. The first kappa shape index (κ1) is 26.7. The van der Waals surface area contributed by atoms with Gasteiger partial charge in [-0.25, -0.2) is 4.90 Å². The molecular formula is C27H30N2O7S. The van der Waals surface area contributed by atoms with E-state index in [-0.39, 0.29) is 12.2 Å². The van der Waals surface area contributed by atoms with Crippen LogP contribution in [0.1, 0.15) is 35.3 Å². The van der Waals surface area contributed by atoms with Gasteiger partial charge in [-0.2, -0.15) is 11.8 Å². The highest BCUT2D eigenvalue weighted by Crippen LogP contribution is 2.53. The highest BCUT2D eigenvalue weighted by atomic mass is 32.2. The highest BCUT2D eigenvalue weighted by Gasteiger charge is 2.69. The number of benzene rings is 2. The summed E-state index contributed by atoms with van der Waals surface area (Å²) >= 11 is 1.53. The summed E-state index contributed by atoms with van der Waals surface area (Å²) in [5, 5.41) is 3.35. The number of methoxy groups -OCH3 is 3. The van der Waals surface area contributed by atoms with Crippen molar-refractivity contribution in [3.8, 4) is 11.5 Å². The van der Waals surface area contributed by atoms with Crippen molar-refractivity contribution in [1.82, 2.24) is 5.32 Å². The summed E-state index contributed by atoms with van der Waals surface area (Å²) in [5.74, 6) is -2.11. The number of anilines is 1. The van der Waals surface area contributed by atoms with Gasteiger partial charge in [0.2, 0.25) is 11.8 Å². The second-order valence-electron chi connectivity index (χ2n) is 9.06. The van der Waals surface area contributed by atoms with E-state index in [2.05, 4.69) is 5.32 Å². The summed E-state index contributed by atoms with van der Waals surface area (Å²) in [5.41, 5.74) is -0.143. The largest absolute Gasteiger partial charge is 0.497 e. The second-order valence-corrected chi connectivity index (χ2v) is 10.0. The number of carbonyl (C=O) groups is 4. The van der Waals surface area contributed by atoms with Crippen LogP contribution in [0.2, 0.25) is 0 Å². The molecule has 2 heterocycles. The molecule has 0 spiro atoms. The molecule has 37 heavy (non-hydrogen) atoms. The molecule has 2 aliphatic rings. The zero-order valence-electron chi connectivity index (χ0n) is 21.4. The normalized spacial score (nSPS) is 24.7. The molecule has 2 aromatic carbocycles. The van der Waals surface area contributed by atoms with E-state index in [9.17, 15) is 19.2 Å². The molecule has 0 radical (unpaired) electrons. The van der Waals surface area contributed by atoms with E-state index in [1.54, 1.807) is 36.4 Å². The number of amides is 2. The molecule has 2 amide bonds. The number of rotatable bonds is 9. The van der Waals surface area contributed by atoms with Gasteiger partial charge in [0.1, 0.15) is 17.0 Å². The minimum Gasteiger partial charge on any atom is -0.497 e. The predicted molar refractivity (Wildman–Crippen MR) is 139 cm³/mol. The highest BCUT2D eigenvalue weighted by molar-refractivity contribution is 7.98. The van der Waals surface area contributed by atoms with Crippen molar-refractivity contribution >= 4 is 41.0 Å². The number of hydrogen-bond donors (Lipinski definition) is 1. The van der Waals surface area contributed by atoms with Crippen LogP contribution in [0, 0.1) is 11.8 Å². The van der Waals surface area contributed by atoms with Crippen LogP contribution in [0.15, 0.2) is 42.5 Å². The lowest BCUT2D eigenvalue weighted by atomic mass is 9.77. The Labute approximate surface area is 219 Å². The summed E-state index contributed by atoms with van der Waals surface area (Å²) in [7, 11) is 4.32. The maximum Gasteiger partial charge on any atom is 0.326 e. The lowest BCUT2D eigenvalue weighted by molar-refractivity contribution is -0.152. The monoisotopic (exact) mass is 526 g/mol. The Morgan fingerprint density at radius 3 is 2.43 bits per heavy atom. The predicted octanol–water partition coefficient (Wildman–Crippen LogP) is 3.02. The molecule has 4 rings (SSSR count). The first-order valence-corrected chi connectivity index (χ1v) is 13.2. The number of Topliss-reactive ketones (excluding diaryl/α,β-unsaturated/α-hetero) is 1. The Hall–Kier alpha value is -3.37. The molecule has 1 N–H and O–H groups in total. The fourth-order valence-electron chi connectivity index (χ4n) is 5.43. The zero-order chi connectivity index (χ0) is 26.9. The first-order chi connectivity index (χ1) is 17.7. The minimum absolute atomic E-state index is 0.187. The van der Waals surface area contributed by atoms with E-state index in [1.807, 2.05) is 6.26 Å². The van der Waals surface area contributed by atoms with Crippen LogP contribution in [0.5, 0.6) is 11.5 Å². The van der Waals surface area contributed by atoms with E-state index in [0.717, 1.165) is 4.90 Å². The Bertz CT molecular complexity index is 1250. The van der Waals surface area contributed by atoms with E-state index in [0.29, 0.717) is 34.1 Å². The maximum atomic E-state index is 14.0. The summed E-state index contributed by atoms with van der Waals surface area (Å²) < 4.78 is 16.1. The summed E-state index contributed by atoms with van der Waals surface area (Å²) in [6.45, 7) is 1.42. The van der Waals surface area contributed by atoms with E-state index in [1.165, 1.54) is 46.1 Å². The molecule has 0 unspecified atom stereocenters. The quantitative estimate of drug-likeness (QED) is 0.299. The van der Waals surface area contributed by atoms with Crippen molar-refractivity contribution in [3.63, 3.8) is 0 Å². The molecule has 2 aliphatic heterocycles. The van der Waals surface area contributed by atoms with Gasteiger partial charge in [0.25, 0.3) is 0 Å². The van der Waals surface area contributed by atoms with Crippen LogP contribution in [0.25, 0.3) is 0 Å². The van der Waals surface area contributed by atoms with Gasteiger partial charge in [0.05, 0.1) is 38.9 Å². The van der Waals surface area contributed by atoms with Crippen molar-refractivity contribution in [3.05, 3.63) is 53.6 Å². The van der Waals surface area contributed by atoms with Crippen LogP contribution >= 0.6 is 11.8 Å². The van der Waals surface area contributed by atoms with Crippen LogP contribution in [0.3, 0.4) is 0 Å². The second kappa shape index (κ2) is 10.5. The van der Waals surface area contributed by atoms with Gasteiger partial charge in [-0.3, -0.25) is 24.5 Å². The van der Waals surface area contributed by atoms with E-state index >= 15 is 0 Å². The molecule has 2 fully saturated rings. The number of carbonyl (C=O) groups excluding carboxylic acids is 4. The average Bonchev–Trinajstić information content (AvgIpc) is 3.40. The van der Waals surface area contributed by atoms with Crippen molar-refractivity contribution in [1.29, 1.82) is 0 Å². The van der Waals surface area contributed by atoms with Gasteiger partial charge in [-0.15, -0.1) is 0 Å². The van der Waals surface area contributed by atoms with Crippen molar-refractivity contribution in [2.75, 3.05) is 38.2 Å². The number of thioether (sulfide) groups is 1. The molecule has 196 valence electrons. The molecule has 2 saturated heterocycles. The third kappa shape index (κ3) is 4.38. The summed E-state index contributed by atoms with van der Waals surface area (Å²) in [4.78, 5) is 54.5. The maximum absolute atomic E-state index is 14.0. The number of imide groups is 1. The van der Waals surface area contributed by atoms with Gasteiger partial charge in [-0.05, 0) is 43.6 Å². The Morgan fingerprint density at radius 1 is 1.05 bits per heavy atom. The number of nitrogens with zero attached hydrogens (tertiary/aromatic N) is 1. The molecule has 10 heteroatoms. The van der Waals surface area contributed by atoms with Gasteiger partial charge in [0, 0.05) is 23.2 Å². The van der Waals surface area contributed by atoms with Gasteiger partial charge >= 0.3 is 5.97 Å². The van der Waals surface area contributed by atoms with Crippen LogP contribution in [0.4, 0.5) is 5.69 Å². The summed E-state index contributed by atoms with van der Waals surface area (Å²) in [6.07, 6.45) is 2.18. The number of esters is 1. The lowest BCUT2D eigenvalue weighted by Gasteiger charge is -2.32. The molecule has 0 aromatic heterocycles. The van der Waals surface area contributed by atoms with E-state index in [4.69, 9.17) is 14.2 Å². The molecule has 0 saturated carbocycles. The molecule has 9 nitrogen and oxygen atoms in total. The zero-order valence-corrected chi connectivity index (χ0v) is 22.2. The molecule has 4 atom stereocenters. The third-order valence-electron chi connectivity index (χ3n) is 7.19. The standard InChI is InChI=1S/C27H30N2O7S/c1-15(30)16-7-6-8-17(13-16)29-24(31)21-22(25(29)32)27(11-12-37-5,26(33)36-4)28-23(21)19-10-9-18(34-2)14-20(19)35-3/h6-10,13-14,21-23,28H,11-12H2,1-5H3/t21-,22-,23+,27+/m0/s1. The van der Waals surface area contributed by atoms with E-state index < -0.39 is 41.2 Å². The van der Waals surface area contributed by atoms with Gasteiger partial charge in [-0.1, -0.05) is 18.2 Å². The fraction of sp³-hybridized carbons (Fsp3) is 0.407.